The Hall–Kier alpha value is -4.88. The smallest absolute Gasteiger partial charge is 0.416 e. The van der Waals surface area contributed by atoms with Crippen LogP contribution in [-0.2, 0) is 16.5 Å². The molecule has 42 heavy (non-hydrogen) atoms. The number of carbonyl (C=O) groups is 1. The van der Waals surface area contributed by atoms with Crippen LogP contribution in [0.25, 0.3) is 32.3 Å². The van der Waals surface area contributed by atoms with Crippen molar-refractivity contribution in [3.8, 4) is 11.5 Å². The summed E-state index contributed by atoms with van der Waals surface area (Å²) >= 11 is 0. The first-order chi connectivity index (χ1) is 20.3. The molecule has 0 aliphatic carbocycles. The number of ether oxygens (including phenoxy) is 2. The van der Waals surface area contributed by atoms with Crippen LogP contribution in [0.3, 0.4) is 0 Å². The van der Waals surface area contributed by atoms with Gasteiger partial charge in [0, 0.05) is 16.3 Å². The molecule has 4 nitrogen and oxygen atoms in total. The lowest BCUT2D eigenvalue weighted by Gasteiger charge is -2.42. The third-order valence-electron chi connectivity index (χ3n) is 7.81. The van der Waals surface area contributed by atoms with Gasteiger partial charge in [-0.05, 0) is 87.8 Å². The maximum atomic E-state index is 13.5. The largest absolute Gasteiger partial charge is 0.456 e. The minimum atomic E-state index is -4.44. The zero-order chi connectivity index (χ0) is 28.9. The molecular formula is C35H24F3NO3. The van der Waals surface area contributed by atoms with Crippen LogP contribution >= 0.6 is 0 Å². The topological polar surface area (TPSA) is 47.6 Å². The van der Waals surface area contributed by atoms with Crippen LogP contribution in [-0.4, -0.2) is 19.1 Å². The van der Waals surface area contributed by atoms with Crippen molar-refractivity contribution in [3.63, 3.8) is 0 Å². The standard InChI is InChI=1S/C35H24F3NO3/c36-35(37,38)28-11-13-29(14-12-28)42-32-30-15-10-24(33(40)39-34(20-41-21-34)27-8-2-1-3-9-27)17-25(30)18-26-16-22-6-4-5-7-23(22)19-31(26)32/h1-19H,20-21H2,(H,39,40). The predicted octanol–water partition coefficient (Wildman–Crippen LogP) is 8.61. The molecule has 0 saturated carbocycles. The molecule has 0 spiro atoms. The van der Waals surface area contributed by atoms with Crippen LogP contribution in [0.4, 0.5) is 13.2 Å². The SMILES string of the molecule is O=C(NC1(c2ccccc2)COC1)c1ccc2c(Oc3ccc(C(F)(F)F)cc3)c3cc4ccccc4cc3cc2c1. The van der Waals surface area contributed by atoms with E-state index in [2.05, 4.69) is 5.32 Å². The van der Waals surface area contributed by atoms with Crippen molar-refractivity contribution in [2.75, 3.05) is 13.2 Å². The summed E-state index contributed by atoms with van der Waals surface area (Å²) in [7, 11) is 0. The number of amides is 1. The Morgan fingerprint density at radius 2 is 1.36 bits per heavy atom. The highest BCUT2D eigenvalue weighted by Crippen LogP contribution is 2.41. The van der Waals surface area contributed by atoms with Gasteiger partial charge >= 0.3 is 6.18 Å². The van der Waals surface area contributed by atoms with E-state index in [1.54, 1.807) is 6.07 Å². The summed E-state index contributed by atoms with van der Waals surface area (Å²) in [4.78, 5) is 13.5. The fourth-order valence-electron chi connectivity index (χ4n) is 5.52. The molecular weight excluding hydrogens is 539 g/mol. The van der Waals surface area contributed by atoms with Crippen molar-refractivity contribution >= 4 is 38.2 Å². The lowest BCUT2D eigenvalue weighted by Crippen LogP contribution is -2.59. The van der Waals surface area contributed by atoms with Gasteiger partial charge < -0.3 is 14.8 Å². The van der Waals surface area contributed by atoms with E-state index in [4.69, 9.17) is 9.47 Å². The number of carbonyl (C=O) groups excluding carboxylic acids is 1. The van der Waals surface area contributed by atoms with Gasteiger partial charge in [0.1, 0.15) is 17.0 Å². The van der Waals surface area contributed by atoms with Gasteiger partial charge in [0.05, 0.1) is 18.8 Å². The minimum Gasteiger partial charge on any atom is -0.456 e. The molecule has 1 amide bonds. The molecule has 1 fully saturated rings. The van der Waals surface area contributed by atoms with Crippen LogP contribution in [0.1, 0.15) is 21.5 Å². The molecule has 1 saturated heterocycles. The van der Waals surface area contributed by atoms with E-state index in [0.717, 1.165) is 50.0 Å². The Labute approximate surface area is 239 Å². The van der Waals surface area contributed by atoms with E-state index >= 15 is 0 Å². The lowest BCUT2D eigenvalue weighted by atomic mass is 9.87. The molecule has 1 aliphatic heterocycles. The maximum absolute atomic E-state index is 13.5. The van der Waals surface area contributed by atoms with Crippen molar-refractivity contribution in [3.05, 3.63) is 132 Å². The van der Waals surface area contributed by atoms with Crippen LogP contribution in [0.2, 0.25) is 0 Å². The van der Waals surface area contributed by atoms with E-state index in [9.17, 15) is 18.0 Å². The van der Waals surface area contributed by atoms with Crippen molar-refractivity contribution in [1.29, 1.82) is 0 Å². The second-order valence-corrected chi connectivity index (χ2v) is 10.6. The van der Waals surface area contributed by atoms with Crippen molar-refractivity contribution in [1.82, 2.24) is 5.32 Å². The average molecular weight is 564 g/mol. The first-order valence-electron chi connectivity index (χ1n) is 13.5. The maximum Gasteiger partial charge on any atom is 0.416 e. The molecule has 0 aromatic heterocycles. The Kier molecular flexibility index (Phi) is 6.13. The first-order valence-corrected chi connectivity index (χ1v) is 13.5. The van der Waals surface area contributed by atoms with Crippen LogP contribution in [0.15, 0.2) is 115 Å². The predicted molar refractivity (Wildman–Crippen MR) is 157 cm³/mol. The zero-order valence-electron chi connectivity index (χ0n) is 22.2. The second kappa shape index (κ2) is 9.89. The van der Waals surface area contributed by atoms with E-state index < -0.39 is 17.3 Å². The van der Waals surface area contributed by atoms with E-state index in [1.165, 1.54) is 12.1 Å². The third-order valence-corrected chi connectivity index (χ3v) is 7.81. The Bertz CT molecular complexity index is 1960. The quantitative estimate of drug-likeness (QED) is 0.214. The van der Waals surface area contributed by atoms with E-state index in [-0.39, 0.29) is 11.7 Å². The van der Waals surface area contributed by atoms with Crippen LogP contribution < -0.4 is 10.1 Å². The van der Waals surface area contributed by atoms with Crippen molar-refractivity contribution in [2.45, 2.75) is 11.7 Å². The van der Waals surface area contributed by atoms with Gasteiger partial charge in [-0.3, -0.25) is 4.79 Å². The molecule has 6 aromatic carbocycles. The van der Waals surface area contributed by atoms with Crippen LogP contribution in [0, 0.1) is 0 Å². The highest BCUT2D eigenvalue weighted by molar-refractivity contribution is 6.11. The molecule has 0 unspecified atom stereocenters. The number of nitrogens with one attached hydrogen (secondary N) is 1. The van der Waals surface area contributed by atoms with E-state index in [1.807, 2.05) is 84.9 Å². The second-order valence-electron chi connectivity index (χ2n) is 10.6. The summed E-state index contributed by atoms with van der Waals surface area (Å²) in [5.41, 5.74) is 0.122. The monoisotopic (exact) mass is 563 g/mol. The Morgan fingerprint density at radius 1 is 0.714 bits per heavy atom. The first kappa shape index (κ1) is 26.0. The normalized spacial score (nSPS) is 14.5. The Balaban J connectivity index is 1.32. The number of alkyl halides is 3. The summed E-state index contributed by atoms with van der Waals surface area (Å²) in [5.74, 6) is 0.558. The Morgan fingerprint density at radius 3 is 2.02 bits per heavy atom. The number of halogens is 3. The average Bonchev–Trinajstić information content (AvgIpc) is 2.98. The molecule has 6 aromatic rings. The molecule has 1 heterocycles. The molecule has 7 rings (SSSR count). The van der Waals surface area contributed by atoms with Crippen molar-refractivity contribution in [2.24, 2.45) is 0 Å². The number of benzene rings is 6. The highest BCUT2D eigenvalue weighted by Gasteiger charge is 2.41. The summed E-state index contributed by atoms with van der Waals surface area (Å²) in [6.07, 6.45) is -4.44. The van der Waals surface area contributed by atoms with Gasteiger partial charge in [0.15, 0.2) is 0 Å². The minimum absolute atomic E-state index is 0.229. The lowest BCUT2D eigenvalue weighted by molar-refractivity contribution is -0.137. The molecule has 1 N–H and O–H groups in total. The van der Waals surface area contributed by atoms with Gasteiger partial charge in [0.2, 0.25) is 0 Å². The summed E-state index contributed by atoms with van der Waals surface area (Å²) in [6, 6.07) is 33.8. The zero-order valence-corrected chi connectivity index (χ0v) is 22.2. The van der Waals surface area contributed by atoms with Crippen molar-refractivity contribution < 1.29 is 27.4 Å². The third kappa shape index (κ3) is 4.62. The summed E-state index contributed by atoms with van der Waals surface area (Å²) in [6.45, 7) is 0.776. The van der Waals surface area contributed by atoms with Crippen LogP contribution in [0.5, 0.6) is 11.5 Å². The number of rotatable bonds is 5. The fourth-order valence-corrected chi connectivity index (χ4v) is 5.52. The van der Waals surface area contributed by atoms with Gasteiger partial charge in [-0.15, -0.1) is 0 Å². The molecule has 208 valence electrons. The molecule has 0 bridgehead atoms. The van der Waals surface area contributed by atoms with Gasteiger partial charge in [-0.2, -0.15) is 13.2 Å². The summed E-state index contributed by atoms with van der Waals surface area (Å²) < 4.78 is 51.3. The highest BCUT2D eigenvalue weighted by atomic mass is 19.4. The number of hydrogen-bond donors (Lipinski definition) is 1. The van der Waals surface area contributed by atoms with Gasteiger partial charge in [0.25, 0.3) is 5.91 Å². The molecule has 7 heteroatoms. The van der Waals surface area contributed by atoms with Gasteiger partial charge in [-0.1, -0.05) is 54.6 Å². The summed E-state index contributed by atoms with van der Waals surface area (Å²) in [5, 5.41) is 8.42. The number of hydrogen-bond acceptors (Lipinski definition) is 3. The van der Waals surface area contributed by atoms with E-state index in [0.29, 0.717) is 24.5 Å². The molecule has 0 atom stereocenters. The van der Waals surface area contributed by atoms with Gasteiger partial charge in [-0.25, -0.2) is 0 Å². The fraction of sp³-hybridized carbons (Fsp3) is 0.114. The molecule has 1 aliphatic rings. The molecule has 0 radical (unpaired) electrons. The number of fused-ring (bicyclic) bond motifs is 3.